The number of anilines is 1. The Morgan fingerprint density at radius 2 is 1.95 bits per heavy atom. The summed E-state index contributed by atoms with van der Waals surface area (Å²) in [5.74, 6) is -0.0287. The number of methoxy groups -OCH3 is 1. The smallest absolute Gasteiger partial charge is 0.305 e. The lowest BCUT2D eigenvalue weighted by Gasteiger charge is -2.38. The lowest BCUT2D eigenvalue weighted by molar-refractivity contribution is -0.138. The zero-order chi connectivity index (χ0) is 14.8. The Bertz CT molecular complexity index is 481. The molecule has 0 radical (unpaired) electrons. The molecule has 0 aliphatic carbocycles. The third-order valence-electron chi connectivity index (χ3n) is 3.46. The van der Waals surface area contributed by atoms with Crippen molar-refractivity contribution in [2.24, 2.45) is 0 Å². The van der Waals surface area contributed by atoms with Crippen LogP contribution in [0.3, 0.4) is 0 Å². The topological polar surface area (TPSA) is 49.8 Å². The number of aryl methyl sites for hydroxylation is 2. The molecule has 0 atom stereocenters. The zero-order valence-corrected chi connectivity index (χ0v) is 12.6. The molecule has 1 aromatic rings. The summed E-state index contributed by atoms with van der Waals surface area (Å²) in [5.41, 5.74) is 2.67. The maximum atomic E-state index is 11.0. The van der Waals surface area contributed by atoms with E-state index in [-0.39, 0.29) is 6.42 Å². The van der Waals surface area contributed by atoms with Crippen LogP contribution in [0.25, 0.3) is 0 Å². The van der Waals surface area contributed by atoms with Crippen LogP contribution in [0.4, 0.5) is 5.69 Å². The molecule has 1 aromatic carbocycles. The fourth-order valence-corrected chi connectivity index (χ4v) is 2.30. The molecule has 19 heavy (non-hydrogen) atoms. The number of hydrogen-bond acceptors (Lipinski definition) is 3. The second-order valence-electron chi connectivity index (χ2n) is 5.57. The van der Waals surface area contributed by atoms with Crippen molar-refractivity contribution in [2.45, 2.75) is 39.7 Å². The monoisotopic (exact) mass is 265 g/mol. The first-order valence-corrected chi connectivity index (χ1v) is 6.30. The van der Waals surface area contributed by atoms with Gasteiger partial charge in [-0.2, -0.15) is 0 Å². The number of hydrogen-bond donors (Lipinski definition) is 1. The molecule has 0 aromatic heterocycles. The molecule has 4 heteroatoms. The average Bonchev–Trinajstić information content (AvgIpc) is 2.25. The molecule has 0 saturated carbocycles. The van der Waals surface area contributed by atoms with Gasteiger partial charge in [-0.05, 0) is 44.9 Å². The number of carboxylic acid groups (broad SMARTS) is 1. The summed E-state index contributed by atoms with van der Waals surface area (Å²) >= 11 is 0. The minimum Gasteiger partial charge on any atom is -0.495 e. The highest BCUT2D eigenvalue weighted by atomic mass is 16.5. The predicted octanol–water partition coefficient (Wildman–Crippen LogP) is 3.00. The highest BCUT2D eigenvalue weighted by Crippen LogP contribution is 2.37. The first-order chi connectivity index (χ1) is 8.69. The molecular formula is C15H23NO3. The van der Waals surface area contributed by atoms with Gasteiger partial charge >= 0.3 is 5.97 Å². The molecule has 0 bridgehead atoms. The van der Waals surface area contributed by atoms with Crippen LogP contribution in [0.2, 0.25) is 0 Å². The van der Waals surface area contributed by atoms with Crippen LogP contribution in [0.1, 0.15) is 31.4 Å². The minimum atomic E-state index is -0.805. The van der Waals surface area contributed by atoms with E-state index >= 15 is 0 Å². The molecule has 1 N–H and O–H groups in total. The molecule has 0 saturated heterocycles. The third kappa shape index (κ3) is 3.40. The van der Waals surface area contributed by atoms with Crippen molar-refractivity contribution in [3.05, 3.63) is 23.3 Å². The Balaban J connectivity index is 3.25. The Kier molecular flexibility index (Phi) is 4.45. The minimum absolute atomic E-state index is 0.0694. The SMILES string of the molecule is COc1cc(C)cc(C)c1N(C)C(C)(C)CC(=O)O. The van der Waals surface area contributed by atoms with E-state index < -0.39 is 11.5 Å². The molecule has 106 valence electrons. The van der Waals surface area contributed by atoms with Crippen LogP contribution in [0.5, 0.6) is 5.75 Å². The predicted molar refractivity (Wildman–Crippen MR) is 77.2 cm³/mol. The number of nitrogens with zero attached hydrogens (tertiary/aromatic N) is 1. The van der Waals surface area contributed by atoms with Crippen molar-refractivity contribution >= 4 is 11.7 Å². The Labute approximate surface area is 115 Å². The molecule has 0 aliphatic rings. The average molecular weight is 265 g/mol. The fourth-order valence-electron chi connectivity index (χ4n) is 2.30. The van der Waals surface area contributed by atoms with Crippen LogP contribution >= 0.6 is 0 Å². The van der Waals surface area contributed by atoms with Gasteiger partial charge in [0.2, 0.25) is 0 Å². The van der Waals surface area contributed by atoms with Crippen molar-refractivity contribution in [3.63, 3.8) is 0 Å². The van der Waals surface area contributed by atoms with Gasteiger partial charge in [-0.15, -0.1) is 0 Å². The van der Waals surface area contributed by atoms with E-state index in [2.05, 4.69) is 6.07 Å². The summed E-state index contributed by atoms with van der Waals surface area (Å²) in [6.07, 6.45) is 0.0694. The Morgan fingerprint density at radius 3 is 2.42 bits per heavy atom. The van der Waals surface area contributed by atoms with Gasteiger partial charge in [0.25, 0.3) is 0 Å². The number of carbonyl (C=O) groups is 1. The number of rotatable bonds is 5. The molecule has 4 nitrogen and oxygen atoms in total. The van der Waals surface area contributed by atoms with Gasteiger partial charge in [-0.3, -0.25) is 4.79 Å². The van der Waals surface area contributed by atoms with Crippen LogP contribution in [-0.2, 0) is 4.79 Å². The molecule has 0 amide bonds. The van der Waals surface area contributed by atoms with E-state index in [1.54, 1.807) is 7.11 Å². The van der Waals surface area contributed by atoms with E-state index in [1.165, 1.54) is 0 Å². The normalized spacial score (nSPS) is 11.3. The first kappa shape index (κ1) is 15.3. The number of carboxylic acids is 1. The molecule has 0 heterocycles. The van der Waals surface area contributed by atoms with Crippen LogP contribution < -0.4 is 9.64 Å². The van der Waals surface area contributed by atoms with Gasteiger partial charge in [0, 0.05) is 12.6 Å². The maximum Gasteiger partial charge on any atom is 0.305 e. The second-order valence-corrected chi connectivity index (χ2v) is 5.57. The molecule has 0 aliphatic heterocycles. The van der Waals surface area contributed by atoms with E-state index in [1.807, 2.05) is 45.7 Å². The van der Waals surface area contributed by atoms with Crippen molar-refractivity contribution in [2.75, 3.05) is 19.1 Å². The Hall–Kier alpha value is -1.71. The van der Waals surface area contributed by atoms with E-state index in [9.17, 15) is 4.79 Å². The van der Waals surface area contributed by atoms with E-state index in [4.69, 9.17) is 9.84 Å². The van der Waals surface area contributed by atoms with Crippen molar-refractivity contribution in [1.82, 2.24) is 0 Å². The third-order valence-corrected chi connectivity index (χ3v) is 3.46. The Morgan fingerprint density at radius 1 is 1.37 bits per heavy atom. The van der Waals surface area contributed by atoms with Gasteiger partial charge in [0.1, 0.15) is 5.75 Å². The summed E-state index contributed by atoms with van der Waals surface area (Å²) in [7, 11) is 3.54. The van der Waals surface area contributed by atoms with Gasteiger partial charge < -0.3 is 14.7 Å². The lowest BCUT2D eigenvalue weighted by atomic mass is 9.96. The van der Waals surface area contributed by atoms with E-state index in [0.717, 1.165) is 22.6 Å². The summed E-state index contributed by atoms with van der Waals surface area (Å²) in [5, 5.41) is 9.03. The van der Waals surface area contributed by atoms with Crippen LogP contribution in [0, 0.1) is 13.8 Å². The van der Waals surface area contributed by atoms with Gasteiger partial charge in [0.15, 0.2) is 0 Å². The summed E-state index contributed by atoms with van der Waals surface area (Å²) < 4.78 is 5.44. The summed E-state index contributed by atoms with van der Waals surface area (Å²) in [4.78, 5) is 13.0. The number of benzene rings is 1. The van der Waals surface area contributed by atoms with Crippen LogP contribution in [0.15, 0.2) is 12.1 Å². The number of ether oxygens (including phenoxy) is 1. The molecule has 0 spiro atoms. The lowest BCUT2D eigenvalue weighted by Crippen LogP contribution is -2.43. The summed E-state index contributed by atoms with van der Waals surface area (Å²) in [6, 6.07) is 4.04. The zero-order valence-electron chi connectivity index (χ0n) is 12.6. The van der Waals surface area contributed by atoms with Crippen LogP contribution in [-0.4, -0.2) is 30.8 Å². The molecular weight excluding hydrogens is 242 g/mol. The standard InChI is InChI=1S/C15H23NO3/c1-10-7-11(2)14(12(8-10)19-6)16(5)15(3,4)9-13(17)18/h7-8H,9H2,1-6H3,(H,17,18). The van der Waals surface area contributed by atoms with Crippen molar-refractivity contribution < 1.29 is 14.6 Å². The van der Waals surface area contributed by atoms with Gasteiger partial charge in [0.05, 0.1) is 19.2 Å². The van der Waals surface area contributed by atoms with Gasteiger partial charge in [-0.25, -0.2) is 0 Å². The van der Waals surface area contributed by atoms with Crippen molar-refractivity contribution in [1.29, 1.82) is 0 Å². The molecule has 1 rings (SSSR count). The maximum absolute atomic E-state index is 11.0. The summed E-state index contributed by atoms with van der Waals surface area (Å²) in [6.45, 7) is 7.86. The highest BCUT2D eigenvalue weighted by molar-refractivity contribution is 5.71. The van der Waals surface area contributed by atoms with Crippen molar-refractivity contribution in [3.8, 4) is 5.75 Å². The van der Waals surface area contributed by atoms with Gasteiger partial charge in [-0.1, -0.05) is 6.07 Å². The van der Waals surface area contributed by atoms with E-state index in [0.29, 0.717) is 0 Å². The highest BCUT2D eigenvalue weighted by Gasteiger charge is 2.29. The number of aliphatic carboxylic acids is 1. The molecule has 0 unspecified atom stereocenters. The largest absolute Gasteiger partial charge is 0.495 e. The molecule has 0 fully saturated rings. The first-order valence-electron chi connectivity index (χ1n) is 6.30. The quantitative estimate of drug-likeness (QED) is 0.889. The second kappa shape index (κ2) is 5.51. The fraction of sp³-hybridized carbons (Fsp3) is 0.533.